The Morgan fingerprint density at radius 2 is 2.22 bits per heavy atom. The number of allylic oxidation sites excluding steroid dienone is 1. The Morgan fingerprint density at radius 1 is 1.52 bits per heavy atom. The van der Waals surface area contributed by atoms with Crippen LogP contribution in [0.25, 0.3) is 6.08 Å². The third-order valence-corrected chi connectivity index (χ3v) is 4.84. The molecule has 1 heterocycles. The molecule has 2 rings (SSSR count). The van der Waals surface area contributed by atoms with Crippen LogP contribution in [-0.2, 0) is 0 Å². The number of carbonyl (C=O) groups is 1. The molecule has 1 aromatic rings. The predicted octanol–water partition coefficient (Wildman–Crippen LogP) is 2.30. The molecular formula is C17H26ClN4O+. The van der Waals surface area contributed by atoms with Gasteiger partial charge < -0.3 is 10.3 Å². The predicted molar refractivity (Wildman–Crippen MR) is 93.1 cm³/mol. The van der Waals surface area contributed by atoms with Crippen molar-refractivity contribution in [1.82, 2.24) is 15.3 Å². The summed E-state index contributed by atoms with van der Waals surface area (Å²) in [7, 11) is 0. The first kappa shape index (κ1) is 17.7. The molecular weight excluding hydrogens is 312 g/mol. The molecule has 0 spiro atoms. The van der Waals surface area contributed by atoms with E-state index in [4.69, 9.17) is 17.0 Å². The molecule has 1 fully saturated rings. The van der Waals surface area contributed by atoms with Crippen LogP contribution >= 0.6 is 11.6 Å². The fraction of sp³-hybridized carbons (Fsp3) is 0.588. The van der Waals surface area contributed by atoms with E-state index < -0.39 is 0 Å². The zero-order valence-corrected chi connectivity index (χ0v) is 14.6. The van der Waals surface area contributed by atoms with Gasteiger partial charge in [0.15, 0.2) is 0 Å². The standard InChI is InChI=1S/C17H25ClN4O/c1-3-13(12-7-5-4-6-8-12)22-17(23)14-10-20-15(21-14)9-11(2)16(18)19/h9-10,12-13,19H,3-8H2,1-2H3,(H,20,21)(H,22,23)/p+1/b11-9-,19-16?. The van der Waals surface area contributed by atoms with Gasteiger partial charge in [-0.2, -0.15) is 0 Å². The third kappa shape index (κ3) is 4.93. The molecule has 0 saturated heterocycles. The number of hydrogen-bond donors (Lipinski definition) is 3. The summed E-state index contributed by atoms with van der Waals surface area (Å²) in [5.41, 5.74) is 1.17. The fourth-order valence-corrected chi connectivity index (χ4v) is 3.19. The van der Waals surface area contributed by atoms with Crippen molar-refractivity contribution >= 4 is 28.8 Å². The zero-order valence-electron chi connectivity index (χ0n) is 13.9. The van der Waals surface area contributed by atoms with Crippen LogP contribution in [0.1, 0.15) is 68.7 Å². The molecule has 0 aromatic carbocycles. The first-order valence-corrected chi connectivity index (χ1v) is 8.71. The van der Waals surface area contributed by atoms with Crippen LogP contribution in [0.3, 0.4) is 0 Å². The maximum absolute atomic E-state index is 12.4. The van der Waals surface area contributed by atoms with Gasteiger partial charge in [-0.25, -0.2) is 10.4 Å². The molecule has 0 aliphatic heterocycles. The van der Waals surface area contributed by atoms with Crippen LogP contribution in [0.15, 0.2) is 11.8 Å². The molecule has 6 heteroatoms. The lowest BCUT2D eigenvalue weighted by Crippen LogP contribution is -2.40. The number of aromatic amines is 1. The van der Waals surface area contributed by atoms with Gasteiger partial charge in [-0.15, -0.1) is 0 Å². The van der Waals surface area contributed by atoms with E-state index in [0.29, 0.717) is 23.0 Å². The van der Waals surface area contributed by atoms with Crippen LogP contribution in [-0.4, -0.2) is 27.1 Å². The molecule has 1 aliphatic carbocycles. The van der Waals surface area contributed by atoms with E-state index in [1.54, 1.807) is 19.2 Å². The Bertz CT molecular complexity index is 587. The van der Waals surface area contributed by atoms with E-state index in [1.165, 1.54) is 32.1 Å². The van der Waals surface area contributed by atoms with Gasteiger partial charge in [0.1, 0.15) is 11.5 Å². The van der Waals surface area contributed by atoms with Gasteiger partial charge in [-0.05, 0) is 49.8 Å². The van der Waals surface area contributed by atoms with Gasteiger partial charge in [0.2, 0.25) is 0 Å². The lowest BCUT2D eigenvalue weighted by atomic mass is 9.83. The van der Waals surface area contributed by atoms with Crippen molar-refractivity contribution in [2.45, 2.75) is 58.4 Å². The summed E-state index contributed by atoms with van der Waals surface area (Å²) in [5.74, 6) is 1.06. The van der Waals surface area contributed by atoms with Crippen molar-refractivity contribution in [3.63, 3.8) is 0 Å². The third-order valence-electron chi connectivity index (χ3n) is 4.55. The van der Waals surface area contributed by atoms with Crippen LogP contribution < -0.4 is 10.7 Å². The molecule has 5 nitrogen and oxygen atoms in total. The zero-order chi connectivity index (χ0) is 16.8. The molecule has 1 atom stereocenters. The average Bonchev–Trinajstić information content (AvgIpc) is 3.01. The Morgan fingerprint density at radius 3 is 2.83 bits per heavy atom. The van der Waals surface area contributed by atoms with Crippen LogP contribution in [0, 0.1) is 5.92 Å². The van der Waals surface area contributed by atoms with Crippen molar-refractivity contribution in [3.05, 3.63) is 23.3 Å². The van der Waals surface area contributed by atoms with E-state index in [-0.39, 0.29) is 17.1 Å². The smallest absolute Gasteiger partial charge is 0.269 e. The molecule has 126 valence electrons. The summed E-state index contributed by atoms with van der Waals surface area (Å²) in [5, 5.41) is 8.88. The number of nitrogens with zero attached hydrogens (tertiary/aromatic N) is 1. The second-order valence-corrected chi connectivity index (χ2v) is 6.65. The first-order chi connectivity index (χ1) is 11.0. The average molecular weight is 338 g/mol. The highest BCUT2D eigenvalue weighted by atomic mass is 35.5. The van der Waals surface area contributed by atoms with E-state index in [1.807, 2.05) is 0 Å². The summed E-state index contributed by atoms with van der Waals surface area (Å²) in [6.45, 7) is 3.92. The van der Waals surface area contributed by atoms with Crippen LogP contribution in [0.2, 0.25) is 0 Å². The molecule has 23 heavy (non-hydrogen) atoms. The summed E-state index contributed by atoms with van der Waals surface area (Å²) >= 11 is 5.73. The van der Waals surface area contributed by atoms with E-state index in [0.717, 1.165) is 6.42 Å². The van der Waals surface area contributed by atoms with Crippen molar-refractivity contribution < 1.29 is 10.2 Å². The molecule has 1 unspecified atom stereocenters. The fourth-order valence-electron chi connectivity index (χ4n) is 3.14. The topological polar surface area (TPSA) is 83.4 Å². The van der Waals surface area contributed by atoms with Gasteiger partial charge in [0, 0.05) is 11.6 Å². The molecule has 0 radical (unpaired) electrons. The van der Waals surface area contributed by atoms with Gasteiger partial charge in [-0.1, -0.05) is 26.2 Å². The van der Waals surface area contributed by atoms with E-state index in [9.17, 15) is 4.79 Å². The maximum atomic E-state index is 12.4. The molecule has 4 N–H and O–H groups in total. The number of aromatic nitrogens is 2. The highest BCUT2D eigenvalue weighted by molar-refractivity contribution is 6.68. The summed E-state index contributed by atoms with van der Waals surface area (Å²) in [6.07, 6.45) is 10.5. The molecule has 1 saturated carbocycles. The number of hydrogen-bond acceptors (Lipinski definition) is 2. The van der Waals surface area contributed by atoms with Gasteiger partial charge in [-0.3, -0.25) is 4.79 Å². The SMILES string of the molecule is CCC(NC(=O)c1cnc(/C=C(/C)C(=[NH2+])Cl)[nH]1)C1CCCCC1. The highest BCUT2D eigenvalue weighted by Gasteiger charge is 2.24. The Kier molecular flexibility index (Phi) is 6.39. The maximum Gasteiger partial charge on any atom is 0.269 e. The number of carbonyl (C=O) groups excluding carboxylic acids is 1. The number of H-pyrrole nitrogens is 1. The van der Waals surface area contributed by atoms with Crippen LogP contribution in [0.4, 0.5) is 0 Å². The Labute approximate surface area is 142 Å². The van der Waals surface area contributed by atoms with Gasteiger partial charge in [0.25, 0.3) is 11.1 Å². The molecule has 0 bridgehead atoms. The summed E-state index contributed by atoms with van der Waals surface area (Å²) < 4.78 is 0. The Balaban J connectivity index is 2.01. The van der Waals surface area contributed by atoms with Crippen molar-refractivity contribution in [1.29, 1.82) is 0 Å². The van der Waals surface area contributed by atoms with Gasteiger partial charge in [0.05, 0.1) is 6.20 Å². The van der Waals surface area contributed by atoms with Crippen molar-refractivity contribution in [2.75, 3.05) is 0 Å². The number of nitrogens with one attached hydrogen (secondary N) is 2. The minimum Gasteiger partial charge on any atom is -0.348 e. The summed E-state index contributed by atoms with van der Waals surface area (Å²) in [4.78, 5) is 19.6. The number of nitrogens with two attached hydrogens (primary N) is 1. The molecule has 1 aromatic heterocycles. The van der Waals surface area contributed by atoms with Crippen molar-refractivity contribution in [2.24, 2.45) is 5.92 Å². The summed E-state index contributed by atoms with van der Waals surface area (Å²) in [6, 6.07) is 0.235. The van der Waals surface area contributed by atoms with E-state index >= 15 is 0 Å². The Hall–Kier alpha value is -1.62. The number of halogens is 1. The van der Waals surface area contributed by atoms with Crippen molar-refractivity contribution in [3.8, 4) is 0 Å². The monoisotopic (exact) mass is 337 g/mol. The largest absolute Gasteiger partial charge is 0.348 e. The normalized spacial score (nSPS) is 17.8. The second kappa shape index (κ2) is 8.29. The number of imidazole rings is 1. The molecule has 1 aliphatic rings. The first-order valence-electron chi connectivity index (χ1n) is 8.33. The number of amides is 1. The lowest BCUT2D eigenvalue weighted by molar-refractivity contribution is -0.108. The quantitative estimate of drug-likeness (QED) is 0.696. The molecule has 1 amide bonds. The van der Waals surface area contributed by atoms with E-state index in [2.05, 4.69) is 22.2 Å². The number of rotatable bonds is 6. The lowest BCUT2D eigenvalue weighted by Gasteiger charge is -2.30. The van der Waals surface area contributed by atoms with Crippen LogP contribution in [0.5, 0.6) is 0 Å². The minimum absolute atomic E-state index is 0.102. The highest BCUT2D eigenvalue weighted by Crippen LogP contribution is 2.27. The van der Waals surface area contributed by atoms with Gasteiger partial charge >= 0.3 is 0 Å². The minimum atomic E-state index is -0.102. The second-order valence-electron chi connectivity index (χ2n) is 6.24.